The van der Waals surface area contributed by atoms with E-state index >= 15 is 0 Å². The van der Waals surface area contributed by atoms with Crippen LogP contribution in [0.4, 0.5) is 0 Å². The number of rotatable bonds is 3. The van der Waals surface area contributed by atoms with Gasteiger partial charge in [0.2, 0.25) is 0 Å². The molecule has 1 aliphatic rings. The first-order valence-corrected chi connectivity index (χ1v) is 12.7. The summed E-state index contributed by atoms with van der Waals surface area (Å²) in [5, 5.41) is 1.04. The molecule has 1 aliphatic carbocycles. The number of hydrogen-bond acceptors (Lipinski definition) is 2. The van der Waals surface area contributed by atoms with Gasteiger partial charge in [-0.1, -0.05) is 31.6 Å². The van der Waals surface area contributed by atoms with Crippen LogP contribution in [-0.4, -0.2) is 19.2 Å². The first-order chi connectivity index (χ1) is 14.3. The highest BCUT2D eigenvalue weighted by Gasteiger charge is 2.37. The Bertz CT molecular complexity index is 1400. The van der Waals surface area contributed by atoms with Crippen molar-refractivity contribution < 1.29 is 8.42 Å². The molecule has 3 nitrogen and oxygen atoms in total. The molecule has 2 aromatic carbocycles. The Kier molecular flexibility index (Phi) is 4.82. The molecule has 0 saturated carbocycles. The summed E-state index contributed by atoms with van der Waals surface area (Å²) in [5.41, 5.74) is 11.4. The minimum Gasteiger partial charge on any atom is -0.350 e. The van der Waals surface area contributed by atoms with Crippen LogP contribution in [0.15, 0.2) is 28.8 Å². The fourth-order valence-electron chi connectivity index (χ4n) is 5.47. The molecule has 1 aromatic heterocycles. The van der Waals surface area contributed by atoms with Crippen molar-refractivity contribution in [2.24, 2.45) is 7.05 Å². The lowest BCUT2D eigenvalue weighted by molar-refractivity contribution is 0.581. The molecule has 0 spiro atoms. The maximum Gasteiger partial charge on any atom is 0.176 e. The quantitative estimate of drug-likeness (QED) is 0.503. The highest BCUT2D eigenvalue weighted by Crippen LogP contribution is 2.47. The van der Waals surface area contributed by atoms with Crippen molar-refractivity contribution in [2.45, 2.75) is 65.2 Å². The molecule has 0 radical (unpaired) electrons. The van der Waals surface area contributed by atoms with Crippen molar-refractivity contribution in [3.63, 3.8) is 0 Å². The van der Waals surface area contributed by atoms with E-state index in [0.29, 0.717) is 4.90 Å². The van der Waals surface area contributed by atoms with Crippen LogP contribution in [0, 0.1) is 34.6 Å². The number of allylic oxidation sites excluding steroid dienone is 1. The minimum absolute atomic E-state index is 0.427. The summed E-state index contributed by atoms with van der Waals surface area (Å²) in [7, 11) is -1.37. The number of nitrogens with zero attached hydrogens (tertiary/aromatic N) is 1. The van der Waals surface area contributed by atoms with E-state index in [1.165, 1.54) is 39.6 Å². The third-order valence-corrected chi connectivity index (χ3v) is 8.87. The van der Waals surface area contributed by atoms with Gasteiger partial charge in [-0.2, -0.15) is 0 Å². The Morgan fingerprint density at radius 2 is 1.61 bits per heavy atom. The topological polar surface area (TPSA) is 39.1 Å². The fraction of sp³-hybridized carbons (Fsp3) is 0.407. The molecule has 0 bridgehead atoms. The van der Waals surface area contributed by atoms with Gasteiger partial charge < -0.3 is 4.57 Å². The van der Waals surface area contributed by atoms with Crippen LogP contribution < -0.4 is 0 Å². The normalized spacial score (nSPS) is 14.3. The second-order valence-electron chi connectivity index (χ2n) is 9.90. The standard InChI is InChI=1S/C27H33NO2S/c1-15-12-20-13-21(14-23(20)17(3)16(15)2)27(6,7)24-22-10-11-28(8)25(22)18(4)19(5)26(24)31(9,29)30/h10-12,14H,13H2,1-9H3. The van der Waals surface area contributed by atoms with E-state index in [1.807, 2.05) is 27.1 Å². The molecule has 4 rings (SSSR count). The summed E-state index contributed by atoms with van der Waals surface area (Å²) in [5.74, 6) is 0. The zero-order valence-corrected chi connectivity index (χ0v) is 21.0. The van der Waals surface area contributed by atoms with Gasteiger partial charge in [0.25, 0.3) is 0 Å². The van der Waals surface area contributed by atoms with E-state index < -0.39 is 15.3 Å². The van der Waals surface area contributed by atoms with Crippen molar-refractivity contribution in [3.05, 3.63) is 68.4 Å². The van der Waals surface area contributed by atoms with E-state index in [-0.39, 0.29) is 0 Å². The Hall–Kier alpha value is -2.33. The number of benzene rings is 2. The van der Waals surface area contributed by atoms with E-state index in [1.54, 1.807) is 0 Å². The predicted octanol–water partition coefficient (Wildman–Crippen LogP) is 6.04. The van der Waals surface area contributed by atoms with Crippen molar-refractivity contribution >= 4 is 26.8 Å². The van der Waals surface area contributed by atoms with Gasteiger partial charge in [0.1, 0.15) is 0 Å². The average molecular weight is 436 g/mol. The van der Waals surface area contributed by atoms with Crippen LogP contribution in [0.2, 0.25) is 0 Å². The SMILES string of the molecule is Cc1cc2c(c(C)c1C)C=C(C(C)(C)c1c(S(C)(=O)=O)c(C)c(C)c3c1ccn3C)C2. The van der Waals surface area contributed by atoms with Crippen LogP contribution in [-0.2, 0) is 28.7 Å². The van der Waals surface area contributed by atoms with Gasteiger partial charge in [0.05, 0.1) is 10.4 Å². The molecule has 1 heterocycles. The van der Waals surface area contributed by atoms with Crippen LogP contribution in [0.3, 0.4) is 0 Å². The highest BCUT2D eigenvalue weighted by molar-refractivity contribution is 7.90. The zero-order chi connectivity index (χ0) is 23.0. The number of fused-ring (bicyclic) bond motifs is 2. The van der Waals surface area contributed by atoms with Gasteiger partial charge in [-0.15, -0.1) is 0 Å². The Labute approximate surface area is 186 Å². The van der Waals surface area contributed by atoms with Crippen molar-refractivity contribution in [3.8, 4) is 0 Å². The molecule has 0 N–H and O–H groups in total. The third kappa shape index (κ3) is 3.10. The lowest BCUT2D eigenvalue weighted by atomic mass is 9.74. The third-order valence-electron chi connectivity index (χ3n) is 7.62. The summed E-state index contributed by atoms with van der Waals surface area (Å²) >= 11 is 0. The largest absolute Gasteiger partial charge is 0.350 e. The molecule has 164 valence electrons. The molecule has 0 atom stereocenters. The van der Waals surface area contributed by atoms with Crippen LogP contribution in [0.25, 0.3) is 17.0 Å². The summed E-state index contributed by atoms with van der Waals surface area (Å²) in [6.07, 6.45) is 6.55. The number of sulfone groups is 1. The summed E-state index contributed by atoms with van der Waals surface area (Å²) in [4.78, 5) is 0.495. The van der Waals surface area contributed by atoms with E-state index in [0.717, 1.165) is 34.0 Å². The smallest absolute Gasteiger partial charge is 0.176 e. The molecular weight excluding hydrogens is 402 g/mol. The van der Waals surface area contributed by atoms with Gasteiger partial charge >= 0.3 is 0 Å². The maximum atomic E-state index is 13.1. The maximum absolute atomic E-state index is 13.1. The molecule has 0 amide bonds. The van der Waals surface area contributed by atoms with Gasteiger partial charge in [0.15, 0.2) is 9.84 Å². The fourth-order valence-corrected chi connectivity index (χ4v) is 6.91. The molecule has 0 saturated heterocycles. The number of aryl methyl sites for hydroxylation is 3. The van der Waals surface area contributed by atoms with Gasteiger partial charge in [-0.05, 0) is 91.6 Å². The molecule has 3 aromatic rings. The number of aromatic nitrogens is 1. The number of hydrogen-bond donors (Lipinski definition) is 0. The molecule has 31 heavy (non-hydrogen) atoms. The summed E-state index contributed by atoms with van der Waals surface area (Å²) in [6, 6.07) is 4.38. The van der Waals surface area contributed by atoms with Crippen molar-refractivity contribution in [2.75, 3.05) is 6.26 Å². The molecular formula is C27H33NO2S. The van der Waals surface area contributed by atoms with Gasteiger partial charge in [0, 0.05) is 30.3 Å². The summed E-state index contributed by atoms with van der Waals surface area (Å²) < 4.78 is 28.3. The van der Waals surface area contributed by atoms with E-state index in [9.17, 15) is 8.42 Å². The predicted molar refractivity (Wildman–Crippen MR) is 131 cm³/mol. The van der Waals surface area contributed by atoms with Crippen LogP contribution in [0.1, 0.15) is 58.4 Å². The van der Waals surface area contributed by atoms with Gasteiger partial charge in [-0.25, -0.2) is 8.42 Å². The van der Waals surface area contributed by atoms with Crippen LogP contribution in [0.5, 0.6) is 0 Å². The lowest BCUT2D eigenvalue weighted by Crippen LogP contribution is -2.25. The average Bonchev–Trinajstić information content (AvgIpc) is 3.26. The molecule has 0 aliphatic heterocycles. The Morgan fingerprint density at radius 3 is 2.23 bits per heavy atom. The first kappa shape index (κ1) is 21.9. The van der Waals surface area contributed by atoms with Crippen LogP contribution >= 0.6 is 0 Å². The molecule has 4 heteroatoms. The molecule has 0 fully saturated rings. The monoisotopic (exact) mass is 435 g/mol. The molecule has 0 unspecified atom stereocenters. The summed E-state index contributed by atoms with van der Waals surface area (Å²) in [6.45, 7) is 14.9. The van der Waals surface area contributed by atoms with Crippen molar-refractivity contribution in [1.82, 2.24) is 4.57 Å². The zero-order valence-electron chi connectivity index (χ0n) is 20.2. The minimum atomic E-state index is -3.41. The lowest BCUT2D eigenvalue weighted by Gasteiger charge is -2.32. The second-order valence-corrected chi connectivity index (χ2v) is 11.9. The van der Waals surface area contributed by atoms with E-state index in [2.05, 4.69) is 57.4 Å². The van der Waals surface area contributed by atoms with Crippen molar-refractivity contribution in [1.29, 1.82) is 0 Å². The highest BCUT2D eigenvalue weighted by atomic mass is 32.2. The second kappa shape index (κ2) is 6.83. The first-order valence-electron chi connectivity index (χ1n) is 10.9. The van der Waals surface area contributed by atoms with E-state index in [4.69, 9.17) is 0 Å². The Balaban J connectivity index is 2.05. The Morgan fingerprint density at radius 1 is 0.968 bits per heavy atom. The van der Waals surface area contributed by atoms with Gasteiger partial charge in [-0.3, -0.25) is 0 Å².